The van der Waals surface area contributed by atoms with Crippen LogP contribution in [-0.2, 0) is 60.0 Å². The van der Waals surface area contributed by atoms with E-state index in [1.54, 1.807) is 57.0 Å². The Morgan fingerprint density at radius 2 is 0.897 bits per heavy atom. The lowest BCUT2D eigenvalue weighted by atomic mass is 10.1. The molecule has 0 aliphatic carbocycles. The summed E-state index contributed by atoms with van der Waals surface area (Å²) < 4.78 is 85.0. The van der Waals surface area contributed by atoms with Crippen molar-refractivity contribution >= 4 is 88.2 Å². The zero-order valence-corrected chi connectivity index (χ0v) is 52.9. The molecule has 0 saturated carbocycles. The molecule has 0 aromatic rings. The largest absolute Gasteiger partial charge is 0.490 e. The minimum atomic E-state index is -5.55. The SMILES string of the molecule is C.C#C.C#CC.C#CCCCSSCOC1C[C@H](C)O[C@@H]1CC.C#CCCCSSCOC1C[C@H](C)O[C@@H]1CO.C#CCCCSSCOC1C[C@H](C)O[C@@H]1COP(=O)(O)OP(=O)(O)OP(=O)(O)O.CC[C@H]1O[C@@H](C)CC1O. The standard InChI is InChI=1S/C13H22O2S2.C12H23O12P3S2.C12H20O3S2.C7H14O2.C3H4.C2H2.CH4/c1-4-6-7-8-16-17-10-14-13-9-11(3)15-12(13)5-2;1-3-4-5-6-28-29-9-20-11-7-10(2)22-12(11)8-21-26(16,17)24-27(18,19)23-25(13,14)15;1-3-4-5-6-16-17-9-14-11-7-10(2)15-12(11)8-13;1-3-7-6(8)4-5(2)9-7;1-3-2;1-2;/h1,11-13H,5-10H2,2-3H3;1,10-12H,4-9H2,2H3,(H,16,17)(H,18,19)(H2,13,14,15);1,10-13H,4-9H2,2H3;5-8H,3-4H2,1-2H3;1H,2H3;1-2H;1H4/t11-,12+,13?;2*10-,11?,12+;5-,6?,7+;;;/m0000.../s1. The first kappa shape index (κ1) is 82.2. The van der Waals surface area contributed by atoms with Crippen molar-refractivity contribution in [3.63, 3.8) is 0 Å². The normalized spacial score (nSPS) is 27.3. The average molecular weight is 1280 g/mol. The van der Waals surface area contributed by atoms with Crippen LogP contribution in [0.5, 0.6) is 0 Å². The van der Waals surface area contributed by atoms with Crippen LogP contribution >= 0.6 is 88.2 Å². The van der Waals surface area contributed by atoms with E-state index >= 15 is 0 Å². The quantitative estimate of drug-likeness (QED) is 0.0124. The molecule has 14 atom stereocenters. The smallest absolute Gasteiger partial charge is 0.394 e. The zero-order valence-electron chi connectivity index (χ0n) is 45.3. The van der Waals surface area contributed by atoms with E-state index in [2.05, 4.69) is 69.9 Å². The van der Waals surface area contributed by atoms with Gasteiger partial charge in [-0.1, -0.05) is 86.0 Å². The van der Waals surface area contributed by atoms with Crippen LogP contribution in [0.3, 0.4) is 0 Å². The lowest BCUT2D eigenvalue weighted by Gasteiger charge is -2.21. The second-order valence-corrected chi connectivity index (χ2v) is 28.8. The molecule has 0 radical (unpaired) electrons. The van der Waals surface area contributed by atoms with Crippen LogP contribution < -0.4 is 0 Å². The van der Waals surface area contributed by atoms with Gasteiger partial charge in [-0.3, -0.25) is 4.52 Å². The van der Waals surface area contributed by atoms with Gasteiger partial charge in [0.1, 0.15) is 30.0 Å². The van der Waals surface area contributed by atoms with Gasteiger partial charge in [0.25, 0.3) is 0 Å². The van der Waals surface area contributed by atoms with Crippen LogP contribution in [0.1, 0.15) is 133 Å². The molecule has 4 aliphatic rings. The molecule has 4 fully saturated rings. The van der Waals surface area contributed by atoms with Crippen LogP contribution in [0.25, 0.3) is 0 Å². The topological polar surface area (TPSA) is 265 Å². The van der Waals surface area contributed by atoms with Crippen molar-refractivity contribution in [3.8, 4) is 62.2 Å². The van der Waals surface area contributed by atoms with E-state index in [0.29, 0.717) is 30.8 Å². The Kier molecular flexibility index (Phi) is 53.0. The molecule has 0 amide bonds. The number of phosphoric acid groups is 3. The Hall–Kier alpha value is -0.0500. The average Bonchev–Trinajstić information content (AvgIpc) is 4.12. The molecule has 0 aromatic carbocycles. The summed E-state index contributed by atoms with van der Waals surface area (Å²) in [6, 6.07) is 0. The number of hydrogen-bond acceptors (Lipinski definition) is 21. The van der Waals surface area contributed by atoms with Crippen LogP contribution in [0.4, 0.5) is 0 Å². The summed E-state index contributed by atoms with van der Waals surface area (Å²) in [4.78, 5) is 35.6. The van der Waals surface area contributed by atoms with Gasteiger partial charge in [-0.2, -0.15) is 8.62 Å². The fourth-order valence-electron chi connectivity index (χ4n) is 7.05. The van der Waals surface area contributed by atoms with Crippen LogP contribution in [0.2, 0.25) is 0 Å². The minimum Gasteiger partial charge on any atom is -0.394 e. The molecule has 4 saturated heterocycles. The van der Waals surface area contributed by atoms with E-state index < -0.39 is 42.3 Å². The number of aliphatic hydroxyl groups excluding tert-OH is 2. The zero-order chi connectivity index (χ0) is 58.7. The van der Waals surface area contributed by atoms with E-state index in [1.165, 1.54) is 10.8 Å². The number of hydrogen-bond donors (Lipinski definition) is 6. The van der Waals surface area contributed by atoms with E-state index in [0.717, 1.165) is 87.4 Å². The fraction of sp³-hybridized carbons (Fsp3) is 0.800. The number of unbranched alkanes of at least 4 members (excludes halogenated alkanes) is 3. The van der Waals surface area contributed by atoms with Crippen molar-refractivity contribution in [1.29, 1.82) is 0 Å². The van der Waals surface area contributed by atoms with Crippen LogP contribution in [-0.4, -0.2) is 151 Å². The first-order valence-electron chi connectivity index (χ1n) is 24.8. The molecule has 4 aliphatic heterocycles. The number of aliphatic hydroxyl groups is 2. The Bertz CT molecular complexity index is 1800. The van der Waals surface area contributed by atoms with Crippen molar-refractivity contribution in [2.24, 2.45) is 0 Å². The third-order valence-corrected chi connectivity index (χ3v) is 20.5. The fourth-order valence-corrected chi connectivity index (χ4v) is 15.4. The van der Waals surface area contributed by atoms with Crippen LogP contribution in [0, 0.1) is 62.2 Å². The molecular weight excluding hydrogens is 1190 g/mol. The molecule has 4 rings (SSSR count). The van der Waals surface area contributed by atoms with Gasteiger partial charge >= 0.3 is 23.5 Å². The van der Waals surface area contributed by atoms with Gasteiger partial charge in [-0.05, 0) is 66.7 Å². The summed E-state index contributed by atoms with van der Waals surface area (Å²) in [5.74, 6) is 14.8. The third-order valence-electron chi connectivity index (χ3n) is 10.3. The lowest BCUT2D eigenvalue weighted by Crippen LogP contribution is -2.28. The second-order valence-electron chi connectivity index (χ2n) is 16.8. The van der Waals surface area contributed by atoms with E-state index in [-0.39, 0.29) is 69.0 Å². The second kappa shape index (κ2) is 50.3. The van der Waals surface area contributed by atoms with Gasteiger partial charge in [-0.15, -0.1) is 62.2 Å². The molecule has 0 spiro atoms. The van der Waals surface area contributed by atoms with E-state index in [9.17, 15) is 23.7 Å². The third kappa shape index (κ3) is 43.6. The molecule has 6 unspecified atom stereocenters. The van der Waals surface area contributed by atoms with Crippen molar-refractivity contribution in [2.45, 2.75) is 206 Å². The minimum absolute atomic E-state index is 0. The van der Waals surface area contributed by atoms with Gasteiger partial charge in [-0.25, -0.2) is 13.7 Å². The summed E-state index contributed by atoms with van der Waals surface area (Å²) in [5, 5.41) is 18.4. The molecule has 6 N–H and O–H groups in total. The summed E-state index contributed by atoms with van der Waals surface area (Å²) in [6.45, 7) is 13.2. The van der Waals surface area contributed by atoms with Crippen molar-refractivity contribution in [1.82, 2.24) is 0 Å². The summed E-state index contributed by atoms with van der Waals surface area (Å²) >= 11 is 0. The number of ether oxygens (including phenoxy) is 7. The molecule has 0 aromatic heterocycles. The van der Waals surface area contributed by atoms with Crippen molar-refractivity contribution < 1.29 is 89.8 Å². The molecule has 454 valence electrons. The Morgan fingerprint density at radius 3 is 1.23 bits per heavy atom. The van der Waals surface area contributed by atoms with Gasteiger partial charge in [0, 0.05) is 62.2 Å². The maximum atomic E-state index is 11.8. The molecule has 28 heteroatoms. The van der Waals surface area contributed by atoms with E-state index in [1.807, 2.05) is 31.6 Å². The highest BCUT2D eigenvalue weighted by Crippen LogP contribution is 2.66. The van der Waals surface area contributed by atoms with Crippen molar-refractivity contribution in [3.05, 3.63) is 0 Å². The Morgan fingerprint density at radius 1 is 0.551 bits per heavy atom. The maximum absolute atomic E-state index is 11.8. The number of terminal acetylenes is 5. The number of phosphoric ester groups is 1. The number of rotatable bonds is 31. The highest BCUT2D eigenvalue weighted by Gasteiger charge is 2.43. The highest BCUT2D eigenvalue weighted by atomic mass is 33.1. The molecular formula is C50H89O19P3S6. The van der Waals surface area contributed by atoms with Crippen molar-refractivity contribution in [2.75, 3.05) is 48.3 Å². The molecule has 19 nitrogen and oxygen atoms in total. The van der Waals surface area contributed by atoms with E-state index in [4.69, 9.17) is 72.2 Å². The maximum Gasteiger partial charge on any atom is 0.490 e. The molecule has 0 bridgehead atoms. The molecule has 4 heterocycles. The first-order chi connectivity index (χ1) is 36.5. The monoisotopic (exact) mass is 1280 g/mol. The van der Waals surface area contributed by atoms with Gasteiger partial charge in [0.05, 0.1) is 74.3 Å². The van der Waals surface area contributed by atoms with Gasteiger partial charge < -0.3 is 62.9 Å². The lowest BCUT2D eigenvalue weighted by molar-refractivity contribution is -0.0333. The summed E-state index contributed by atoms with van der Waals surface area (Å²) in [7, 11) is -6.03. The van der Waals surface area contributed by atoms with Gasteiger partial charge in [0.15, 0.2) is 0 Å². The predicted octanol–water partition coefficient (Wildman–Crippen LogP) is 11.1. The Balaban J connectivity index is -0.000000990. The Labute approximate surface area is 491 Å². The summed E-state index contributed by atoms with van der Waals surface area (Å²) in [5.41, 5.74) is 0. The predicted molar refractivity (Wildman–Crippen MR) is 324 cm³/mol. The molecule has 78 heavy (non-hydrogen) atoms. The van der Waals surface area contributed by atoms with Gasteiger partial charge in [0.2, 0.25) is 0 Å². The van der Waals surface area contributed by atoms with Crippen LogP contribution in [0.15, 0.2) is 0 Å². The highest BCUT2D eigenvalue weighted by molar-refractivity contribution is 8.77. The summed E-state index contributed by atoms with van der Waals surface area (Å²) in [6.07, 6.45) is 38.4. The first-order valence-corrected chi connectivity index (χ1v) is 36.8.